The maximum Gasteiger partial charge on any atom is 0.490 e. The Balaban J connectivity index is 0.000000345. The van der Waals surface area contributed by atoms with Crippen LogP contribution in [0.15, 0.2) is 53.2 Å². The number of carbonyl (C=O) groups is 1. The molecule has 1 N–H and O–H groups in total. The van der Waals surface area contributed by atoms with Crippen molar-refractivity contribution in [1.82, 2.24) is 15.2 Å². The fourth-order valence-corrected chi connectivity index (χ4v) is 1.75. The van der Waals surface area contributed by atoms with E-state index in [2.05, 4.69) is 15.2 Å². The Hall–Kier alpha value is -3.44. The molecule has 3 rings (SSSR count). The van der Waals surface area contributed by atoms with Gasteiger partial charge in [0, 0.05) is 18.0 Å². The van der Waals surface area contributed by atoms with E-state index in [-0.39, 0.29) is 11.8 Å². The van der Waals surface area contributed by atoms with Crippen molar-refractivity contribution in [3.8, 4) is 22.9 Å². The molecule has 0 aliphatic heterocycles. The molecule has 6 nitrogen and oxygen atoms in total. The number of carboxylic acids is 1. The Kier molecular flexibility index (Phi) is 6.01. The van der Waals surface area contributed by atoms with Crippen LogP contribution in [0.25, 0.3) is 22.9 Å². The van der Waals surface area contributed by atoms with E-state index in [1.165, 1.54) is 12.1 Å². The van der Waals surface area contributed by atoms with Gasteiger partial charge in [-0.25, -0.2) is 4.79 Å². The first-order chi connectivity index (χ1) is 13.0. The zero-order valence-electron chi connectivity index (χ0n) is 13.5. The molecule has 0 atom stereocenters. The van der Waals surface area contributed by atoms with E-state index in [9.17, 15) is 26.3 Å². The predicted molar refractivity (Wildman–Crippen MR) is 81.7 cm³/mol. The summed E-state index contributed by atoms with van der Waals surface area (Å²) in [6, 6.07) is 8.01. The van der Waals surface area contributed by atoms with Crippen molar-refractivity contribution in [2.75, 3.05) is 0 Å². The lowest BCUT2D eigenvalue weighted by Gasteiger charge is -2.05. The van der Waals surface area contributed by atoms with Gasteiger partial charge in [-0.3, -0.25) is 4.98 Å². The summed E-state index contributed by atoms with van der Waals surface area (Å²) < 4.78 is 74.6. The maximum absolute atomic E-state index is 12.5. The average molecular weight is 405 g/mol. The summed E-state index contributed by atoms with van der Waals surface area (Å²) in [7, 11) is 0. The van der Waals surface area contributed by atoms with Crippen LogP contribution in [-0.4, -0.2) is 32.4 Å². The van der Waals surface area contributed by atoms with Crippen molar-refractivity contribution in [2.45, 2.75) is 12.4 Å². The van der Waals surface area contributed by atoms with Gasteiger partial charge in [-0.1, -0.05) is 0 Å². The van der Waals surface area contributed by atoms with Crippen LogP contribution < -0.4 is 0 Å². The molecule has 0 aliphatic carbocycles. The van der Waals surface area contributed by atoms with Crippen LogP contribution in [0.1, 0.15) is 5.56 Å². The number of hydrogen-bond donors (Lipinski definition) is 1. The smallest absolute Gasteiger partial charge is 0.475 e. The first kappa shape index (κ1) is 20.9. The number of aromatic nitrogens is 3. The standard InChI is InChI=1S/C14H8F3N3O.C2HF3O2/c15-14(16,17)11-5-3-9(4-6-11)12-19-20-13(21-12)10-2-1-7-18-8-10;3-2(4,5)1(6)7/h1-8H;(H,6,7). The van der Waals surface area contributed by atoms with E-state index < -0.39 is 23.9 Å². The second-order valence-electron chi connectivity index (χ2n) is 5.03. The molecular formula is C16H9F6N3O3. The lowest BCUT2D eigenvalue weighted by molar-refractivity contribution is -0.192. The lowest BCUT2D eigenvalue weighted by Crippen LogP contribution is -2.21. The summed E-state index contributed by atoms with van der Waals surface area (Å²) in [6.45, 7) is 0. The summed E-state index contributed by atoms with van der Waals surface area (Å²) in [5.74, 6) is -2.34. The molecule has 2 heterocycles. The van der Waals surface area contributed by atoms with Crippen LogP contribution in [0, 0.1) is 0 Å². The van der Waals surface area contributed by atoms with Crippen LogP contribution in [0.3, 0.4) is 0 Å². The number of rotatable bonds is 2. The SMILES string of the molecule is FC(F)(F)c1ccc(-c2nnc(-c3cccnc3)o2)cc1.O=C(O)C(F)(F)F. The van der Waals surface area contributed by atoms with Crippen molar-refractivity contribution in [2.24, 2.45) is 0 Å². The number of aliphatic carboxylic acids is 1. The first-order valence-electron chi connectivity index (χ1n) is 7.20. The van der Waals surface area contributed by atoms with Crippen LogP contribution in [0.5, 0.6) is 0 Å². The number of halogens is 6. The molecular weight excluding hydrogens is 396 g/mol. The van der Waals surface area contributed by atoms with E-state index >= 15 is 0 Å². The van der Waals surface area contributed by atoms with Gasteiger partial charge in [-0.15, -0.1) is 10.2 Å². The second-order valence-corrected chi connectivity index (χ2v) is 5.03. The van der Waals surface area contributed by atoms with Gasteiger partial charge >= 0.3 is 18.3 Å². The third-order valence-electron chi connectivity index (χ3n) is 3.04. The van der Waals surface area contributed by atoms with Crippen LogP contribution in [-0.2, 0) is 11.0 Å². The molecule has 0 radical (unpaired) electrons. The molecule has 0 fully saturated rings. The van der Waals surface area contributed by atoms with Gasteiger partial charge in [0.15, 0.2) is 0 Å². The third kappa shape index (κ3) is 5.53. The molecule has 0 amide bonds. The van der Waals surface area contributed by atoms with Gasteiger partial charge in [-0.05, 0) is 36.4 Å². The molecule has 148 valence electrons. The highest BCUT2D eigenvalue weighted by Gasteiger charge is 2.38. The Morgan fingerprint density at radius 1 is 0.893 bits per heavy atom. The number of alkyl halides is 6. The van der Waals surface area contributed by atoms with Crippen molar-refractivity contribution >= 4 is 5.97 Å². The summed E-state index contributed by atoms with van der Waals surface area (Å²) in [5, 5.41) is 14.8. The maximum atomic E-state index is 12.5. The summed E-state index contributed by atoms with van der Waals surface area (Å²) in [5.41, 5.74) is 0.340. The lowest BCUT2D eigenvalue weighted by atomic mass is 10.1. The predicted octanol–water partition coefficient (Wildman–Crippen LogP) is 4.45. The van der Waals surface area contributed by atoms with Gasteiger partial charge in [0.25, 0.3) is 0 Å². The molecule has 0 saturated carbocycles. The minimum Gasteiger partial charge on any atom is -0.475 e. The van der Waals surface area contributed by atoms with Gasteiger partial charge in [0.05, 0.1) is 11.1 Å². The van der Waals surface area contributed by atoms with E-state index in [0.29, 0.717) is 11.1 Å². The highest BCUT2D eigenvalue weighted by molar-refractivity contribution is 5.73. The quantitative estimate of drug-likeness (QED) is 0.634. The largest absolute Gasteiger partial charge is 0.490 e. The van der Waals surface area contributed by atoms with Crippen LogP contribution in [0.4, 0.5) is 26.3 Å². The van der Waals surface area contributed by atoms with E-state index in [4.69, 9.17) is 14.3 Å². The number of pyridine rings is 1. The molecule has 3 aromatic rings. The van der Waals surface area contributed by atoms with Gasteiger partial charge in [-0.2, -0.15) is 26.3 Å². The minimum atomic E-state index is -5.08. The van der Waals surface area contributed by atoms with E-state index in [1.54, 1.807) is 24.5 Å². The Morgan fingerprint density at radius 2 is 1.43 bits per heavy atom. The summed E-state index contributed by atoms with van der Waals surface area (Å²) in [6.07, 6.45) is -6.28. The Bertz CT molecular complexity index is 921. The highest BCUT2D eigenvalue weighted by atomic mass is 19.4. The summed E-state index contributed by atoms with van der Waals surface area (Å²) >= 11 is 0. The molecule has 2 aromatic heterocycles. The van der Waals surface area contributed by atoms with Crippen molar-refractivity contribution in [3.05, 3.63) is 54.4 Å². The monoisotopic (exact) mass is 405 g/mol. The molecule has 12 heteroatoms. The number of hydrogen-bond acceptors (Lipinski definition) is 5. The van der Waals surface area contributed by atoms with E-state index in [0.717, 1.165) is 12.1 Å². The van der Waals surface area contributed by atoms with Crippen LogP contribution in [0.2, 0.25) is 0 Å². The van der Waals surface area contributed by atoms with Gasteiger partial charge in [0.1, 0.15) is 0 Å². The second kappa shape index (κ2) is 8.06. The topological polar surface area (TPSA) is 89.1 Å². The Labute approximate surface area is 152 Å². The molecule has 0 bridgehead atoms. The average Bonchev–Trinajstić information content (AvgIpc) is 3.12. The highest BCUT2D eigenvalue weighted by Crippen LogP contribution is 2.31. The molecule has 0 saturated heterocycles. The number of nitrogens with zero attached hydrogens (tertiary/aromatic N) is 3. The van der Waals surface area contributed by atoms with Gasteiger partial charge in [0.2, 0.25) is 11.8 Å². The zero-order valence-corrected chi connectivity index (χ0v) is 13.5. The fraction of sp³-hybridized carbons (Fsp3) is 0.125. The van der Waals surface area contributed by atoms with Gasteiger partial charge < -0.3 is 9.52 Å². The summed E-state index contributed by atoms with van der Waals surface area (Å²) in [4.78, 5) is 12.8. The molecule has 1 aromatic carbocycles. The van der Waals surface area contributed by atoms with Crippen molar-refractivity contribution < 1.29 is 40.7 Å². The van der Waals surface area contributed by atoms with Crippen molar-refractivity contribution in [3.63, 3.8) is 0 Å². The zero-order chi connectivity index (χ0) is 20.9. The van der Waals surface area contributed by atoms with Crippen LogP contribution >= 0.6 is 0 Å². The third-order valence-corrected chi connectivity index (χ3v) is 3.04. The number of carboxylic acid groups (broad SMARTS) is 1. The molecule has 0 unspecified atom stereocenters. The Morgan fingerprint density at radius 3 is 1.86 bits per heavy atom. The number of benzene rings is 1. The molecule has 0 spiro atoms. The normalized spacial score (nSPS) is 11.5. The van der Waals surface area contributed by atoms with Crippen molar-refractivity contribution in [1.29, 1.82) is 0 Å². The first-order valence-corrected chi connectivity index (χ1v) is 7.20. The minimum absolute atomic E-state index is 0.155. The molecule has 28 heavy (non-hydrogen) atoms. The van der Waals surface area contributed by atoms with E-state index in [1.807, 2.05) is 0 Å². The molecule has 0 aliphatic rings. The fourth-order valence-electron chi connectivity index (χ4n) is 1.75.